The summed E-state index contributed by atoms with van der Waals surface area (Å²) >= 11 is 0. The normalized spacial score (nSPS) is 17.2. The molecule has 1 aliphatic heterocycles. The highest BCUT2D eigenvalue weighted by Crippen LogP contribution is 1.99. The van der Waals surface area contributed by atoms with Gasteiger partial charge < -0.3 is 4.84 Å². The second kappa shape index (κ2) is 1.87. The van der Waals surface area contributed by atoms with Crippen molar-refractivity contribution in [3.8, 4) is 0 Å². The fourth-order valence-electron chi connectivity index (χ4n) is 0.482. The molecule has 0 unspecified atom stereocenters. The van der Waals surface area contributed by atoms with Gasteiger partial charge in [-0.3, -0.25) is 14.9 Å². The van der Waals surface area contributed by atoms with E-state index in [1.165, 1.54) is 0 Å². The lowest BCUT2D eigenvalue weighted by Crippen LogP contribution is -2.23. The van der Waals surface area contributed by atoms with Gasteiger partial charge in [-0.15, -0.1) is 0 Å². The molecule has 0 aliphatic carbocycles. The number of carbonyl (C=O) groups excluding carboxylic acids is 2. The molecule has 0 saturated carbocycles. The Morgan fingerprint density at radius 2 is 2.22 bits per heavy atom. The second-order valence-electron chi connectivity index (χ2n) is 1.44. The van der Waals surface area contributed by atoms with E-state index < -0.39 is 11.8 Å². The van der Waals surface area contributed by atoms with Gasteiger partial charge in [-0.25, -0.2) is 0 Å². The molecule has 3 N–H and O–H groups in total. The average Bonchev–Trinajstić information content (AvgIpc) is 2.10. The number of hydrogen-bond acceptors (Lipinski definition) is 4. The van der Waals surface area contributed by atoms with Gasteiger partial charge in [0.15, 0.2) is 0 Å². The molecule has 1 aliphatic rings. The van der Waals surface area contributed by atoms with Gasteiger partial charge in [-0.2, -0.15) is 5.90 Å². The van der Waals surface area contributed by atoms with Gasteiger partial charge in [-0.05, 0) is 0 Å². The Bertz CT molecular complexity index is 196. The summed E-state index contributed by atoms with van der Waals surface area (Å²) in [6.45, 7) is 0. The highest BCUT2D eigenvalue weighted by molar-refractivity contribution is 6.15. The fourth-order valence-corrected chi connectivity index (χ4v) is 0.482. The Balaban J connectivity index is 2.80. The lowest BCUT2D eigenvalue weighted by molar-refractivity contribution is -0.125. The van der Waals surface area contributed by atoms with Crippen molar-refractivity contribution in [3.63, 3.8) is 0 Å². The Morgan fingerprint density at radius 1 is 1.56 bits per heavy atom. The first-order valence-corrected chi connectivity index (χ1v) is 2.18. The van der Waals surface area contributed by atoms with Crippen LogP contribution >= 0.6 is 0 Å². The second-order valence-corrected chi connectivity index (χ2v) is 1.44. The molecule has 1 heterocycles. The van der Waals surface area contributed by atoms with Crippen molar-refractivity contribution in [3.05, 3.63) is 11.8 Å². The average molecular weight is 128 g/mol. The van der Waals surface area contributed by atoms with E-state index in [4.69, 9.17) is 0 Å². The predicted octanol–water partition coefficient (Wildman–Crippen LogP) is -1.58. The molecule has 0 bridgehead atoms. The standard InChI is InChI=1S/C4H4N2O3/c5-9-2-1-3(7)6-4(2)8/h1H,5H2,(H,6,7,8). The molecule has 0 aromatic carbocycles. The van der Waals surface area contributed by atoms with Gasteiger partial charge >= 0.3 is 0 Å². The van der Waals surface area contributed by atoms with E-state index in [1.54, 1.807) is 0 Å². The highest BCUT2D eigenvalue weighted by Gasteiger charge is 2.21. The summed E-state index contributed by atoms with van der Waals surface area (Å²) in [5.74, 6) is 3.36. The quantitative estimate of drug-likeness (QED) is 0.329. The molecule has 2 amide bonds. The lowest BCUT2D eigenvalue weighted by Gasteiger charge is -1.91. The van der Waals surface area contributed by atoms with E-state index in [-0.39, 0.29) is 5.76 Å². The van der Waals surface area contributed by atoms with E-state index >= 15 is 0 Å². The largest absolute Gasteiger partial charge is 0.405 e. The molecule has 9 heavy (non-hydrogen) atoms. The predicted molar refractivity (Wildman–Crippen MR) is 26.5 cm³/mol. The van der Waals surface area contributed by atoms with Crippen LogP contribution in [0.25, 0.3) is 0 Å². The van der Waals surface area contributed by atoms with Gasteiger partial charge in [0, 0.05) is 0 Å². The van der Waals surface area contributed by atoms with Crippen LogP contribution in [0.1, 0.15) is 0 Å². The third kappa shape index (κ3) is 0.895. The molecule has 0 spiro atoms. The molecule has 1 rings (SSSR count). The van der Waals surface area contributed by atoms with Crippen LogP contribution in [0.15, 0.2) is 11.8 Å². The molecular weight excluding hydrogens is 124 g/mol. The number of hydrogen-bond donors (Lipinski definition) is 2. The van der Waals surface area contributed by atoms with Crippen LogP contribution in [0.5, 0.6) is 0 Å². The molecular formula is C4H4N2O3. The summed E-state index contributed by atoms with van der Waals surface area (Å²) in [5.41, 5.74) is 0. The number of nitrogens with two attached hydrogens (primary N) is 1. The van der Waals surface area contributed by atoms with E-state index in [1.807, 2.05) is 5.32 Å². The zero-order valence-electron chi connectivity index (χ0n) is 4.38. The molecule has 0 aromatic heterocycles. The number of nitrogens with one attached hydrogen (secondary N) is 1. The Hall–Kier alpha value is -1.36. The third-order valence-corrected chi connectivity index (χ3v) is 0.850. The monoisotopic (exact) mass is 128 g/mol. The zero-order chi connectivity index (χ0) is 6.85. The van der Waals surface area contributed by atoms with Crippen LogP contribution in [0, 0.1) is 0 Å². The van der Waals surface area contributed by atoms with Gasteiger partial charge in [0.2, 0.25) is 5.76 Å². The van der Waals surface area contributed by atoms with Crippen molar-refractivity contribution in [1.29, 1.82) is 0 Å². The summed E-state index contributed by atoms with van der Waals surface area (Å²) in [7, 11) is 0. The van der Waals surface area contributed by atoms with Gasteiger partial charge in [0.25, 0.3) is 11.8 Å². The molecule has 48 valence electrons. The molecule has 0 fully saturated rings. The maximum absolute atomic E-state index is 10.4. The van der Waals surface area contributed by atoms with Crippen LogP contribution in [0.4, 0.5) is 0 Å². The minimum atomic E-state index is -0.595. The molecule has 0 aromatic rings. The van der Waals surface area contributed by atoms with E-state index in [9.17, 15) is 9.59 Å². The lowest BCUT2D eigenvalue weighted by atomic mass is 10.5. The highest BCUT2D eigenvalue weighted by atomic mass is 16.6. The number of carbonyl (C=O) groups is 2. The molecule has 0 atom stereocenters. The summed E-state index contributed by atoms with van der Waals surface area (Å²) in [5, 5.41) is 1.94. The topological polar surface area (TPSA) is 81.4 Å². The summed E-state index contributed by atoms with van der Waals surface area (Å²) in [6.07, 6.45) is 0.988. The van der Waals surface area contributed by atoms with Crippen LogP contribution in [-0.4, -0.2) is 11.8 Å². The van der Waals surface area contributed by atoms with Crippen molar-refractivity contribution in [1.82, 2.24) is 5.32 Å². The Kier molecular flexibility index (Phi) is 1.20. The van der Waals surface area contributed by atoms with Crippen molar-refractivity contribution in [2.45, 2.75) is 0 Å². The summed E-state index contributed by atoms with van der Waals surface area (Å²) in [6, 6.07) is 0. The maximum Gasteiger partial charge on any atom is 0.295 e. The van der Waals surface area contributed by atoms with Crippen LogP contribution in [-0.2, 0) is 14.4 Å². The van der Waals surface area contributed by atoms with Crippen LogP contribution < -0.4 is 11.2 Å². The first kappa shape index (κ1) is 5.77. The molecule has 0 radical (unpaired) electrons. The fraction of sp³-hybridized carbons (Fsp3) is 0. The van der Waals surface area contributed by atoms with E-state index in [0.717, 1.165) is 6.08 Å². The molecule has 5 nitrogen and oxygen atoms in total. The number of imide groups is 1. The maximum atomic E-state index is 10.4. The third-order valence-electron chi connectivity index (χ3n) is 0.850. The van der Waals surface area contributed by atoms with Gasteiger partial charge in [0.1, 0.15) is 0 Å². The summed E-state index contributed by atoms with van der Waals surface area (Å²) < 4.78 is 0. The van der Waals surface area contributed by atoms with Crippen LogP contribution in [0.3, 0.4) is 0 Å². The minimum absolute atomic E-state index is 0.153. The SMILES string of the molecule is NOC1=CC(=O)NC1=O. The Labute approximate surface area is 50.4 Å². The zero-order valence-corrected chi connectivity index (χ0v) is 4.38. The first-order valence-electron chi connectivity index (χ1n) is 2.18. The number of rotatable bonds is 1. The molecule has 0 saturated heterocycles. The van der Waals surface area contributed by atoms with Crippen molar-refractivity contribution in [2.24, 2.45) is 5.90 Å². The van der Waals surface area contributed by atoms with E-state index in [2.05, 4.69) is 10.7 Å². The number of amides is 2. The van der Waals surface area contributed by atoms with Crippen molar-refractivity contribution >= 4 is 11.8 Å². The first-order chi connectivity index (χ1) is 4.24. The van der Waals surface area contributed by atoms with Gasteiger partial charge in [0.05, 0.1) is 6.08 Å². The van der Waals surface area contributed by atoms with Gasteiger partial charge in [-0.1, -0.05) is 0 Å². The summed E-state index contributed by atoms with van der Waals surface area (Å²) in [4.78, 5) is 24.7. The van der Waals surface area contributed by atoms with Crippen LogP contribution in [0.2, 0.25) is 0 Å². The van der Waals surface area contributed by atoms with E-state index in [0.29, 0.717) is 0 Å². The minimum Gasteiger partial charge on any atom is -0.405 e. The molecule has 5 heteroatoms. The van der Waals surface area contributed by atoms with Crippen molar-refractivity contribution in [2.75, 3.05) is 0 Å². The smallest absolute Gasteiger partial charge is 0.295 e. The Morgan fingerprint density at radius 3 is 2.44 bits per heavy atom. The van der Waals surface area contributed by atoms with Crippen molar-refractivity contribution < 1.29 is 14.4 Å².